The normalized spacial score (nSPS) is 14.8. The number of carbonyl (C=O) groups excluding carboxylic acids is 1. The smallest absolute Gasteiger partial charge is 0.262 e. The van der Waals surface area contributed by atoms with Crippen molar-refractivity contribution < 1.29 is 26.7 Å². The number of rotatable bonds is 7. The first-order valence-electron chi connectivity index (χ1n) is 8.83. The van der Waals surface area contributed by atoms with Gasteiger partial charge in [-0.25, -0.2) is 21.9 Å². The Morgan fingerprint density at radius 2 is 1.75 bits per heavy atom. The van der Waals surface area contributed by atoms with Crippen molar-refractivity contribution in [3.05, 3.63) is 54.1 Å². The van der Waals surface area contributed by atoms with E-state index >= 15 is 0 Å². The molecule has 0 aromatic heterocycles. The van der Waals surface area contributed by atoms with Gasteiger partial charge in [0, 0.05) is 12.1 Å². The van der Waals surface area contributed by atoms with Gasteiger partial charge in [-0.1, -0.05) is 12.8 Å². The van der Waals surface area contributed by atoms with Crippen LogP contribution in [0.3, 0.4) is 0 Å². The second-order valence-electron chi connectivity index (χ2n) is 6.54. The third-order valence-corrected chi connectivity index (χ3v) is 5.92. The standard InChI is InChI=1S/C19H20F2N2O4S/c20-13-5-10-17(21)18(11-13)22-19(24)12-27-15-6-8-16(9-7-15)28(25,26)23-14-3-1-2-4-14/h5-11,14,23H,1-4,12H2,(H,22,24). The Kier molecular flexibility index (Phi) is 6.25. The minimum atomic E-state index is -3.60. The Balaban J connectivity index is 1.55. The van der Waals surface area contributed by atoms with Gasteiger partial charge in [0.15, 0.2) is 6.61 Å². The minimum Gasteiger partial charge on any atom is -0.484 e. The molecule has 6 nitrogen and oxygen atoms in total. The predicted molar refractivity (Wildman–Crippen MR) is 99.5 cm³/mol. The molecule has 1 saturated carbocycles. The zero-order valence-electron chi connectivity index (χ0n) is 15.0. The van der Waals surface area contributed by atoms with Crippen LogP contribution in [0.25, 0.3) is 0 Å². The summed E-state index contributed by atoms with van der Waals surface area (Å²) in [6, 6.07) is 8.31. The lowest BCUT2D eigenvalue weighted by molar-refractivity contribution is -0.118. The van der Waals surface area contributed by atoms with E-state index in [2.05, 4.69) is 10.0 Å². The number of nitrogens with one attached hydrogen (secondary N) is 2. The van der Waals surface area contributed by atoms with Crippen LogP contribution in [-0.2, 0) is 14.8 Å². The topological polar surface area (TPSA) is 84.5 Å². The van der Waals surface area contributed by atoms with Gasteiger partial charge in [0.1, 0.15) is 17.4 Å². The van der Waals surface area contributed by atoms with Gasteiger partial charge in [-0.2, -0.15) is 0 Å². The zero-order valence-corrected chi connectivity index (χ0v) is 15.8. The molecule has 2 aromatic carbocycles. The summed E-state index contributed by atoms with van der Waals surface area (Å²) in [5.41, 5.74) is -0.284. The monoisotopic (exact) mass is 410 g/mol. The van der Waals surface area contributed by atoms with E-state index < -0.39 is 34.2 Å². The maximum Gasteiger partial charge on any atom is 0.262 e. The van der Waals surface area contributed by atoms with Crippen molar-refractivity contribution in [1.82, 2.24) is 4.72 Å². The maximum atomic E-state index is 13.5. The summed E-state index contributed by atoms with van der Waals surface area (Å²) in [7, 11) is -3.60. The molecule has 0 heterocycles. The van der Waals surface area contributed by atoms with Crippen molar-refractivity contribution in [3.8, 4) is 5.75 Å². The van der Waals surface area contributed by atoms with E-state index in [1.54, 1.807) is 0 Å². The Morgan fingerprint density at radius 1 is 1.07 bits per heavy atom. The molecule has 0 saturated heterocycles. The second kappa shape index (κ2) is 8.66. The van der Waals surface area contributed by atoms with Crippen molar-refractivity contribution in [2.45, 2.75) is 36.6 Å². The fourth-order valence-electron chi connectivity index (χ4n) is 2.97. The number of benzene rings is 2. The molecule has 0 bridgehead atoms. The van der Waals surface area contributed by atoms with Gasteiger partial charge in [-0.05, 0) is 49.2 Å². The number of hydrogen-bond acceptors (Lipinski definition) is 4. The maximum absolute atomic E-state index is 13.5. The molecule has 1 amide bonds. The number of hydrogen-bond donors (Lipinski definition) is 2. The molecular formula is C19H20F2N2O4S. The number of carbonyl (C=O) groups is 1. The van der Waals surface area contributed by atoms with E-state index in [9.17, 15) is 22.0 Å². The van der Waals surface area contributed by atoms with Crippen LogP contribution in [0.4, 0.5) is 14.5 Å². The van der Waals surface area contributed by atoms with Gasteiger partial charge >= 0.3 is 0 Å². The summed E-state index contributed by atoms with van der Waals surface area (Å²) in [6.07, 6.45) is 3.70. The van der Waals surface area contributed by atoms with Crippen LogP contribution in [0.5, 0.6) is 5.75 Å². The van der Waals surface area contributed by atoms with Gasteiger partial charge in [-0.15, -0.1) is 0 Å². The molecule has 1 aliphatic rings. The first-order chi connectivity index (χ1) is 13.3. The summed E-state index contributed by atoms with van der Waals surface area (Å²) in [5.74, 6) is -1.85. The van der Waals surface area contributed by atoms with E-state index in [0.29, 0.717) is 0 Å². The van der Waals surface area contributed by atoms with Crippen LogP contribution < -0.4 is 14.8 Å². The lowest BCUT2D eigenvalue weighted by Gasteiger charge is -2.13. The lowest BCUT2D eigenvalue weighted by atomic mass is 10.3. The quantitative estimate of drug-likeness (QED) is 0.734. The van der Waals surface area contributed by atoms with E-state index in [4.69, 9.17) is 4.74 Å². The number of anilines is 1. The van der Waals surface area contributed by atoms with Gasteiger partial charge < -0.3 is 10.1 Å². The number of amides is 1. The highest BCUT2D eigenvalue weighted by molar-refractivity contribution is 7.89. The van der Waals surface area contributed by atoms with Crippen molar-refractivity contribution in [2.24, 2.45) is 0 Å². The van der Waals surface area contributed by atoms with Crippen molar-refractivity contribution in [1.29, 1.82) is 0 Å². The van der Waals surface area contributed by atoms with Gasteiger partial charge in [0.2, 0.25) is 10.0 Å². The highest BCUT2D eigenvalue weighted by atomic mass is 32.2. The average molecular weight is 410 g/mol. The molecule has 2 aromatic rings. The summed E-state index contributed by atoms with van der Waals surface area (Å²) in [5, 5.41) is 2.21. The first kappa shape index (κ1) is 20.2. The molecule has 150 valence electrons. The third kappa shape index (κ3) is 5.26. The van der Waals surface area contributed by atoms with Crippen molar-refractivity contribution in [2.75, 3.05) is 11.9 Å². The van der Waals surface area contributed by atoms with E-state index in [-0.39, 0.29) is 22.4 Å². The fourth-order valence-corrected chi connectivity index (χ4v) is 4.28. The first-order valence-corrected chi connectivity index (χ1v) is 10.3. The molecule has 1 fully saturated rings. The molecule has 3 rings (SSSR count). The summed E-state index contributed by atoms with van der Waals surface area (Å²) in [6.45, 7) is -0.442. The molecular weight excluding hydrogens is 390 g/mol. The van der Waals surface area contributed by atoms with Crippen LogP contribution in [0.15, 0.2) is 47.4 Å². The van der Waals surface area contributed by atoms with Crippen LogP contribution in [0, 0.1) is 11.6 Å². The molecule has 0 spiro atoms. The Morgan fingerprint density at radius 3 is 2.43 bits per heavy atom. The summed E-state index contributed by atoms with van der Waals surface area (Å²) in [4.78, 5) is 11.9. The molecule has 0 atom stereocenters. The van der Waals surface area contributed by atoms with E-state index in [0.717, 1.165) is 43.9 Å². The van der Waals surface area contributed by atoms with E-state index in [1.807, 2.05) is 0 Å². The second-order valence-corrected chi connectivity index (χ2v) is 8.25. The van der Waals surface area contributed by atoms with Crippen molar-refractivity contribution in [3.63, 3.8) is 0 Å². The molecule has 0 radical (unpaired) electrons. The molecule has 2 N–H and O–H groups in total. The fraction of sp³-hybridized carbons (Fsp3) is 0.316. The summed E-state index contributed by atoms with van der Waals surface area (Å²) >= 11 is 0. The van der Waals surface area contributed by atoms with Crippen LogP contribution in [0.2, 0.25) is 0 Å². The average Bonchev–Trinajstić information content (AvgIpc) is 3.16. The van der Waals surface area contributed by atoms with Gasteiger partial charge in [0.05, 0.1) is 10.6 Å². The van der Waals surface area contributed by atoms with Crippen LogP contribution >= 0.6 is 0 Å². The molecule has 9 heteroatoms. The largest absolute Gasteiger partial charge is 0.484 e. The van der Waals surface area contributed by atoms with Gasteiger partial charge in [0.25, 0.3) is 5.91 Å². The van der Waals surface area contributed by atoms with Crippen LogP contribution in [0.1, 0.15) is 25.7 Å². The zero-order chi connectivity index (χ0) is 20.1. The number of sulfonamides is 1. The Labute approximate surface area is 162 Å². The minimum absolute atomic E-state index is 0.0344. The molecule has 0 unspecified atom stereocenters. The van der Waals surface area contributed by atoms with E-state index in [1.165, 1.54) is 24.3 Å². The van der Waals surface area contributed by atoms with Gasteiger partial charge in [-0.3, -0.25) is 4.79 Å². The van der Waals surface area contributed by atoms with Crippen LogP contribution in [-0.4, -0.2) is 27.0 Å². The molecule has 1 aliphatic carbocycles. The highest BCUT2D eigenvalue weighted by Gasteiger charge is 2.22. The lowest BCUT2D eigenvalue weighted by Crippen LogP contribution is -2.32. The molecule has 0 aliphatic heterocycles. The predicted octanol–water partition coefficient (Wildman–Crippen LogP) is 3.20. The summed E-state index contributed by atoms with van der Waals surface area (Å²) < 4.78 is 59.3. The number of halogens is 2. The third-order valence-electron chi connectivity index (χ3n) is 4.38. The SMILES string of the molecule is O=C(COc1ccc(S(=O)(=O)NC2CCCC2)cc1)Nc1cc(F)ccc1F. The number of ether oxygens (including phenoxy) is 1. The highest BCUT2D eigenvalue weighted by Crippen LogP contribution is 2.22. The Bertz CT molecular complexity index is 943. The Hall–Kier alpha value is -2.52. The molecule has 28 heavy (non-hydrogen) atoms. The van der Waals surface area contributed by atoms with Crippen molar-refractivity contribution >= 4 is 21.6 Å².